The molecular formula is C14H13NaO3. The third kappa shape index (κ3) is 3.88. The van der Waals surface area contributed by atoms with Crippen LogP contribution in [0.1, 0.15) is 17.3 Å². The summed E-state index contributed by atoms with van der Waals surface area (Å²) in [6, 6.07) is 16.3. The van der Waals surface area contributed by atoms with Gasteiger partial charge in [0.15, 0.2) is 0 Å². The fourth-order valence-corrected chi connectivity index (χ4v) is 1.50. The van der Waals surface area contributed by atoms with Crippen molar-refractivity contribution in [2.24, 2.45) is 0 Å². The average Bonchev–Trinajstić information content (AvgIpc) is 2.38. The van der Waals surface area contributed by atoms with Gasteiger partial charge in [-0.3, -0.25) is 0 Å². The van der Waals surface area contributed by atoms with Crippen LogP contribution >= 0.6 is 0 Å². The van der Waals surface area contributed by atoms with Crippen molar-refractivity contribution in [1.29, 1.82) is 0 Å². The van der Waals surface area contributed by atoms with Gasteiger partial charge >= 0.3 is 35.5 Å². The van der Waals surface area contributed by atoms with Crippen LogP contribution in [0.5, 0.6) is 5.75 Å². The quantitative estimate of drug-likeness (QED) is 0.784. The van der Waals surface area contributed by atoms with Crippen LogP contribution in [0.25, 0.3) is 0 Å². The molecule has 0 heterocycles. The summed E-state index contributed by atoms with van der Waals surface area (Å²) in [4.78, 5) is 11.0. The average molecular weight is 252 g/mol. The van der Waals surface area contributed by atoms with Crippen LogP contribution in [0.4, 0.5) is 0 Å². The second-order valence-corrected chi connectivity index (χ2v) is 3.58. The van der Waals surface area contributed by atoms with Crippen LogP contribution in [-0.2, 0) is 6.61 Å². The van der Waals surface area contributed by atoms with Gasteiger partial charge in [-0.05, 0) is 17.7 Å². The van der Waals surface area contributed by atoms with Gasteiger partial charge in [-0.2, -0.15) is 0 Å². The first-order valence-electron chi connectivity index (χ1n) is 5.26. The fourth-order valence-electron chi connectivity index (χ4n) is 1.50. The van der Waals surface area contributed by atoms with Gasteiger partial charge < -0.3 is 11.3 Å². The third-order valence-corrected chi connectivity index (χ3v) is 2.35. The number of benzene rings is 2. The van der Waals surface area contributed by atoms with Gasteiger partial charge in [0.25, 0.3) is 0 Å². The van der Waals surface area contributed by atoms with E-state index in [2.05, 4.69) is 0 Å². The Kier molecular flexibility index (Phi) is 5.92. The maximum absolute atomic E-state index is 11.0. The SMILES string of the molecule is O=C(O)c1ccccc1OCc1ccccc1.[H-].[Na+]. The summed E-state index contributed by atoms with van der Waals surface area (Å²) in [5.41, 5.74) is 1.19. The molecule has 0 saturated heterocycles. The van der Waals surface area contributed by atoms with Gasteiger partial charge in [-0.25, -0.2) is 4.79 Å². The smallest absolute Gasteiger partial charge is 1.00 e. The van der Waals surface area contributed by atoms with E-state index >= 15 is 0 Å². The van der Waals surface area contributed by atoms with Crippen molar-refractivity contribution in [2.75, 3.05) is 0 Å². The second-order valence-electron chi connectivity index (χ2n) is 3.58. The van der Waals surface area contributed by atoms with Crippen molar-refractivity contribution < 1.29 is 45.6 Å². The molecule has 3 nitrogen and oxygen atoms in total. The van der Waals surface area contributed by atoms with Crippen LogP contribution in [0.2, 0.25) is 0 Å². The molecule has 0 spiro atoms. The Bertz CT molecular complexity index is 517. The van der Waals surface area contributed by atoms with E-state index in [1.54, 1.807) is 18.2 Å². The van der Waals surface area contributed by atoms with Crippen LogP contribution < -0.4 is 34.3 Å². The molecule has 0 fully saturated rings. The largest absolute Gasteiger partial charge is 1.00 e. The molecule has 0 aliphatic rings. The molecule has 0 aliphatic carbocycles. The Labute approximate surface area is 129 Å². The number of rotatable bonds is 4. The van der Waals surface area contributed by atoms with Crippen LogP contribution in [-0.4, -0.2) is 11.1 Å². The minimum atomic E-state index is -0.978. The summed E-state index contributed by atoms with van der Waals surface area (Å²) in [5, 5.41) is 8.98. The van der Waals surface area contributed by atoms with Crippen LogP contribution in [0, 0.1) is 0 Å². The van der Waals surface area contributed by atoms with E-state index in [9.17, 15) is 4.79 Å². The molecule has 0 saturated carbocycles. The van der Waals surface area contributed by atoms with E-state index in [0.29, 0.717) is 12.4 Å². The molecule has 0 aromatic heterocycles. The predicted octanol–water partition coefficient (Wildman–Crippen LogP) is 0.0803. The number of para-hydroxylation sites is 1. The van der Waals surface area contributed by atoms with E-state index < -0.39 is 5.97 Å². The molecule has 1 N–H and O–H groups in total. The molecule has 0 unspecified atom stereocenters. The first-order valence-corrected chi connectivity index (χ1v) is 5.26. The fraction of sp³-hybridized carbons (Fsp3) is 0.0714. The van der Waals surface area contributed by atoms with E-state index in [1.165, 1.54) is 6.07 Å². The minimum absolute atomic E-state index is 0. The Morgan fingerprint density at radius 2 is 1.67 bits per heavy atom. The molecule has 0 aliphatic heterocycles. The number of carboxylic acid groups (broad SMARTS) is 1. The topological polar surface area (TPSA) is 46.5 Å². The molecule has 4 heteroatoms. The molecule has 18 heavy (non-hydrogen) atoms. The zero-order valence-corrected chi connectivity index (χ0v) is 12.2. The summed E-state index contributed by atoms with van der Waals surface area (Å²) < 4.78 is 5.50. The van der Waals surface area contributed by atoms with Crippen LogP contribution in [0.15, 0.2) is 54.6 Å². The second kappa shape index (κ2) is 7.21. The molecular weight excluding hydrogens is 239 g/mol. The standard InChI is InChI=1S/C14H12O3.Na.H/c15-14(16)12-8-4-5-9-13(12)17-10-11-6-2-1-3-7-11;;/h1-9H,10H2,(H,15,16);;/q;+1;-1. The number of carbonyl (C=O) groups is 1. The molecule has 2 aromatic rings. The van der Waals surface area contributed by atoms with Crippen molar-refractivity contribution in [3.05, 3.63) is 65.7 Å². The number of hydrogen-bond donors (Lipinski definition) is 1. The van der Waals surface area contributed by atoms with Crippen LogP contribution in [0.3, 0.4) is 0 Å². The van der Waals surface area contributed by atoms with E-state index in [0.717, 1.165) is 5.56 Å². The van der Waals surface area contributed by atoms with Crippen molar-refractivity contribution in [2.45, 2.75) is 6.61 Å². The summed E-state index contributed by atoms with van der Waals surface area (Å²) in [7, 11) is 0. The molecule has 2 aromatic carbocycles. The Balaban J connectivity index is 0.00000162. The van der Waals surface area contributed by atoms with Gasteiger partial charge in [-0.1, -0.05) is 42.5 Å². The Hall–Kier alpha value is -1.29. The number of aromatic carboxylic acids is 1. The van der Waals surface area contributed by atoms with E-state index in [1.807, 2.05) is 30.3 Å². The van der Waals surface area contributed by atoms with Gasteiger partial charge in [0.2, 0.25) is 0 Å². The van der Waals surface area contributed by atoms with Crippen molar-refractivity contribution in [1.82, 2.24) is 0 Å². The van der Waals surface area contributed by atoms with E-state index in [-0.39, 0.29) is 36.5 Å². The normalized spacial score (nSPS) is 9.33. The summed E-state index contributed by atoms with van der Waals surface area (Å²) >= 11 is 0. The summed E-state index contributed by atoms with van der Waals surface area (Å²) in [6.45, 7) is 0.366. The molecule has 0 bridgehead atoms. The zero-order valence-electron chi connectivity index (χ0n) is 11.2. The summed E-state index contributed by atoms with van der Waals surface area (Å²) in [6.07, 6.45) is 0. The maximum atomic E-state index is 11.0. The Morgan fingerprint density at radius 3 is 2.33 bits per heavy atom. The predicted molar refractivity (Wildman–Crippen MR) is 65.3 cm³/mol. The van der Waals surface area contributed by atoms with Gasteiger partial charge in [0, 0.05) is 0 Å². The number of hydrogen-bond acceptors (Lipinski definition) is 2. The molecule has 0 radical (unpaired) electrons. The molecule has 2 rings (SSSR count). The van der Waals surface area contributed by atoms with Gasteiger partial charge in [-0.15, -0.1) is 0 Å². The monoisotopic (exact) mass is 252 g/mol. The number of ether oxygens (including phenoxy) is 1. The van der Waals surface area contributed by atoms with Crippen molar-refractivity contribution >= 4 is 5.97 Å². The third-order valence-electron chi connectivity index (χ3n) is 2.35. The van der Waals surface area contributed by atoms with E-state index in [4.69, 9.17) is 9.84 Å². The first kappa shape index (κ1) is 14.8. The van der Waals surface area contributed by atoms with Crippen molar-refractivity contribution in [3.63, 3.8) is 0 Å². The first-order chi connectivity index (χ1) is 8.27. The Morgan fingerprint density at radius 1 is 1.06 bits per heavy atom. The van der Waals surface area contributed by atoms with Crippen molar-refractivity contribution in [3.8, 4) is 5.75 Å². The van der Waals surface area contributed by atoms with Gasteiger partial charge in [0.1, 0.15) is 17.9 Å². The maximum Gasteiger partial charge on any atom is 1.00 e. The minimum Gasteiger partial charge on any atom is -1.00 e. The number of carboxylic acids is 1. The van der Waals surface area contributed by atoms with Gasteiger partial charge in [0.05, 0.1) is 0 Å². The zero-order chi connectivity index (χ0) is 12.1. The molecule has 88 valence electrons. The molecule has 0 amide bonds. The summed E-state index contributed by atoms with van der Waals surface area (Å²) in [5.74, 6) is -0.586. The molecule has 0 atom stereocenters.